The number of likely N-dealkylation sites (tertiary alicyclic amines) is 1. The summed E-state index contributed by atoms with van der Waals surface area (Å²) >= 11 is 0. The highest BCUT2D eigenvalue weighted by Crippen LogP contribution is 2.47. The van der Waals surface area contributed by atoms with Gasteiger partial charge < -0.3 is 9.84 Å². The summed E-state index contributed by atoms with van der Waals surface area (Å²) in [6, 6.07) is 3.67. The maximum atomic E-state index is 12.7. The third kappa shape index (κ3) is 2.65. The molecule has 0 atom stereocenters. The van der Waals surface area contributed by atoms with Crippen LogP contribution in [0.15, 0.2) is 18.2 Å². The van der Waals surface area contributed by atoms with Gasteiger partial charge in [-0.3, -0.25) is 9.69 Å². The molecular weight excluding hydrogens is 299 g/mol. The number of halogens is 3. The molecule has 1 spiro atoms. The number of carboxylic acids is 1. The van der Waals surface area contributed by atoms with E-state index in [1.165, 1.54) is 6.07 Å². The summed E-state index contributed by atoms with van der Waals surface area (Å²) in [4.78, 5) is 12.6. The number of aliphatic carboxylic acids is 1. The summed E-state index contributed by atoms with van der Waals surface area (Å²) in [5, 5.41) is 8.81. The molecule has 1 N–H and O–H groups in total. The number of fused-ring (bicyclic) bond motifs is 2. The minimum absolute atomic E-state index is 0.00317. The molecule has 0 amide bonds. The number of hydrogen-bond acceptors (Lipinski definition) is 3. The molecule has 0 saturated carbocycles. The standard InChI is InChI=1S/C15H16F3NO3/c16-15(17,18)10-1-2-11-12(7-10)22-9-14(11)3-5-19(6-4-14)8-13(20)21/h1-2,7H,3-6,8-9H2,(H,20,21). The van der Waals surface area contributed by atoms with Crippen LogP contribution in [0.25, 0.3) is 0 Å². The van der Waals surface area contributed by atoms with Gasteiger partial charge in [0.15, 0.2) is 0 Å². The maximum Gasteiger partial charge on any atom is 0.416 e. The number of alkyl halides is 3. The van der Waals surface area contributed by atoms with Crippen LogP contribution in [-0.4, -0.2) is 42.2 Å². The van der Waals surface area contributed by atoms with Crippen LogP contribution in [0.1, 0.15) is 24.0 Å². The number of piperidine rings is 1. The molecule has 0 radical (unpaired) electrons. The van der Waals surface area contributed by atoms with Gasteiger partial charge in [-0.05, 0) is 38.1 Å². The zero-order chi connectivity index (χ0) is 16.0. The van der Waals surface area contributed by atoms with Crippen LogP contribution in [0.5, 0.6) is 5.75 Å². The summed E-state index contributed by atoms with van der Waals surface area (Å²) < 4.78 is 43.7. The highest BCUT2D eigenvalue weighted by Gasteiger charge is 2.44. The van der Waals surface area contributed by atoms with Gasteiger partial charge in [-0.15, -0.1) is 0 Å². The van der Waals surface area contributed by atoms with E-state index in [1.54, 1.807) is 0 Å². The lowest BCUT2D eigenvalue weighted by Crippen LogP contribution is -2.45. The molecule has 1 aromatic rings. The van der Waals surface area contributed by atoms with Crippen LogP contribution >= 0.6 is 0 Å². The molecule has 0 unspecified atom stereocenters. The lowest BCUT2D eigenvalue weighted by molar-refractivity contribution is -0.139. The second-order valence-corrected chi connectivity index (χ2v) is 5.95. The van der Waals surface area contributed by atoms with Crippen molar-refractivity contribution in [2.75, 3.05) is 26.2 Å². The van der Waals surface area contributed by atoms with Crippen molar-refractivity contribution < 1.29 is 27.8 Å². The largest absolute Gasteiger partial charge is 0.492 e. The SMILES string of the molecule is O=C(O)CN1CCC2(CC1)COc1cc(C(F)(F)F)ccc12. The zero-order valence-electron chi connectivity index (χ0n) is 11.8. The Morgan fingerprint density at radius 1 is 1.32 bits per heavy atom. The van der Waals surface area contributed by atoms with Crippen molar-refractivity contribution in [1.29, 1.82) is 0 Å². The molecule has 2 aliphatic rings. The van der Waals surface area contributed by atoms with E-state index in [-0.39, 0.29) is 12.0 Å². The molecule has 4 nitrogen and oxygen atoms in total. The van der Waals surface area contributed by atoms with Crippen LogP contribution in [0.2, 0.25) is 0 Å². The zero-order valence-corrected chi connectivity index (χ0v) is 11.8. The number of carboxylic acid groups (broad SMARTS) is 1. The second kappa shape index (κ2) is 5.15. The molecule has 7 heteroatoms. The molecule has 2 heterocycles. The van der Waals surface area contributed by atoms with Crippen molar-refractivity contribution in [2.45, 2.75) is 24.4 Å². The smallest absolute Gasteiger partial charge is 0.416 e. The van der Waals surface area contributed by atoms with Crippen molar-refractivity contribution in [3.8, 4) is 5.75 Å². The Kier molecular flexibility index (Phi) is 3.55. The fourth-order valence-electron chi connectivity index (χ4n) is 3.29. The third-order valence-electron chi connectivity index (χ3n) is 4.56. The second-order valence-electron chi connectivity index (χ2n) is 5.95. The summed E-state index contributed by atoms with van der Waals surface area (Å²) in [5.74, 6) is -0.560. The normalized spacial score (nSPS) is 20.7. The first kappa shape index (κ1) is 15.1. The Morgan fingerprint density at radius 2 is 2.00 bits per heavy atom. The highest BCUT2D eigenvalue weighted by atomic mass is 19.4. The molecule has 120 valence electrons. The quantitative estimate of drug-likeness (QED) is 0.911. The summed E-state index contributed by atoms with van der Waals surface area (Å²) in [6.45, 7) is 1.58. The molecule has 0 bridgehead atoms. The number of ether oxygens (including phenoxy) is 1. The molecule has 0 aromatic heterocycles. The van der Waals surface area contributed by atoms with Crippen molar-refractivity contribution in [3.05, 3.63) is 29.3 Å². The lowest BCUT2D eigenvalue weighted by atomic mass is 9.74. The summed E-state index contributed by atoms with van der Waals surface area (Å²) in [5.41, 5.74) is -0.170. The highest BCUT2D eigenvalue weighted by molar-refractivity contribution is 5.69. The Hall–Kier alpha value is -1.76. The first-order valence-corrected chi connectivity index (χ1v) is 7.09. The first-order chi connectivity index (χ1) is 10.3. The Balaban J connectivity index is 1.79. The van der Waals surface area contributed by atoms with Gasteiger partial charge in [-0.25, -0.2) is 0 Å². The van der Waals surface area contributed by atoms with Gasteiger partial charge in [-0.1, -0.05) is 6.07 Å². The van der Waals surface area contributed by atoms with Gasteiger partial charge in [0.2, 0.25) is 0 Å². The number of benzene rings is 1. The van der Waals surface area contributed by atoms with E-state index in [2.05, 4.69) is 0 Å². The van der Waals surface area contributed by atoms with Crippen molar-refractivity contribution in [3.63, 3.8) is 0 Å². The van der Waals surface area contributed by atoms with E-state index in [9.17, 15) is 18.0 Å². The number of carbonyl (C=O) groups is 1. The Morgan fingerprint density at radius 3 is 2.59 bits per heavy atom. The average molecular weight is 315 g/mol. The minimum Gasteiger partial charge on any atom is -0.492 e. The van der Waals surface area contributed by atoms with Crippen LogP contribution in [0, 0.1) is 0 Å². The van der Waals surface area contributed by atoms with Gasteiger partial charge in [0.1, 0.15) is 5.75 Å². The monoisotopic (exact) mass is 315 g/mol. The molecule has 1 saturated heterocycles. The average Bonchev–Trinajstić information content (AvgIpc) is 2.79. The predicted octanol–water partition coefficient (Wildman–Crippen LogP) is 2.52. The van der Waals surface area contributed by atoms with E-state index in [0.717, 1.165) is 17.7 Å². The van der Waals surface area contributed by atoms with Crippen LogP contribution in [0.4, 0.5) is 13.2 Å². The molecule has 0 aliphatic carbocycles. The topological polar surface area (TPSA) is 49.8 Å². The fourth-order valence-corrected chi connectivity index (χ4v) is 3.29. The van der Waals surface area contributed by atoms with Gasteiger partial charge in [0, 0.05) is 11.0 Å². The van der Waals surface area contributed by atoms with Crippen LogP contribution in [0.3, 0.4) is 0 Å². The lowest BCUT2D eigenvalue weighted by Gasteiger charge is -2.37. The Labute approximate surface area is 125 Å². The van der Waals surface area contributed by atoms with Crippen LogP contribution in [-0.2, 0) is 16.4 Å². The van der Waals surface area contributed by atoms with E-state index in [4.69, 9.17) is 9.84 Å². The van der Waals surface area contributed by atoms with E-state index in [1.807, 2.05) is 4.90 Å². The third-order valence-corrected chi connectivity index (χ3v) is 4.56. The number of hydrogen-bond donors (Lipinski definition) is 1. The van der Waals surface area contributed by atoms with Crippen molar-refractivity contribution >= 4 is 5.97 Å². The summed E-state index contributed by atoms with van der Waals surface area (Å²) in [7, 11) is 0. The van der Waals surface area contributed by atoms with E-state index in [0.29, 0.717) is 38.3 Å². The number of nitrogens with zero attached hydrogens (tertiary/aromatic N) is 1. The van der Waals surface area contributed by atoms with Crippen molar-refractivity contribution in [1.82, 2.24) is 4.90 Å². The van der Waals surface area contributed by atoms with Crippen LogP contribution < -0.4 is 4.74 Å². The molecular formula is C15H16F3NO3. The van der Waals surface area contributed by atoms with Gasteiger partial charge in [0.25, 0.3) is 0 Å². The predicted molar refractivity (Wildman–Crippen MR) is 71.9 cm³/mol. The Bertz CT molecular complexity index is 592. The molecule has 1 fully saturated rings. The van der Waals surface area contributed by atoms with E-state index >= 15 is 0 Å². The molecule has 22 heavy (non-hydrogen) atoms. The molecule has 1 aromatic carbocycles. The molecule has 3 rings (SSSR count). The van der Waals surface area contributed by atoms with Crippen molar-refractivity contribution in [2.24, 2.45) is 0 Å². The summed E-state index contributed by atoms with van der Waals surface area (Å²) in [6.07, 6.45) is -2.99. The van der Waals surface area contributed by atoms with Gasteiger partial charge in [0.05, 0.1) is 18.7 Å². The van der Waals surface area contributed by atoms with Gasteiger partial charge in [-0.2, -0.15) is 13.2 Å². The number of rotatable bonds is 2. The first-order valence-electron chi connectivity index (χ1n) is 7.09. The fraction of sp³-hybridized carbons (Fsp3) is 0.533. The van der Waals surface area contributed by atoms with Gasteiger partial charge >= 0.3 is 12.1 Å². The van der Waals surface area contributed by atoms with E-state index < -0.39 is 17.7 Å². The maximum absolute atomic E-state index is 12.7. The molecule has 2 aliphatic heterocycles. The minimum atomic E-state index is -4.38.